The quantitative estimate of drug-likeness (QED) is 0.762. The molecule has 98 valence electrons. The van der Waals surface area contributed by atoms with Gasteiger partial charge >= 0.3 is 12.0 Å². The number of methoxy groups -OCH3 is 1. The monoisotopic (exact) mass is 244 g/mol. The summed E-state index contributed by atoms with van der Waals surface area (Å²) in [6.45, 7) is 3.00. The maximum atomic E-state index is 11.8. The Kier molecular flexibility index (Phi) is 5.21. The van der Waals surface area contributed by atoms with E-state index in [2.05, 4.69) is 5.32 Å². The number of hydrogen-bond donors (Lipinski definition) is 2. The first kappa shape index (κ1) is 13.8. The molecule has 0 aromatic carbocycles. The molecule has 1 saturated heterocycles. The molecule has 0 aliphatic carbocycles. The summed E-state index contributed by atoms with van der Waals surface area (Å²) in [4.78, 5) is 23.9. The molecule has 1 heterocycles. The zero-order valence-corrected chi connectivity index (χ0v) is 10.3. The van der Waals surface area contributed by atoms with Crippen LogP contribution in [0.15, 0.2) is 0 Å². The third-order valence-electron chi connectivity index (χ3n) is 2.91. The molecule has 2 N–H and O–H groups in total. The van der Waals surface area contributed by atoms with Crippen molar-refractivity contribution in [2.75, 3.05) is 20.2 Å². The molecule has 6 nitrogen and oxygen atoms in total. The SMILES string of the molecule is COC1CCN(C(=O)NC(C)CC(=O)O)CC1. The van der Waals surface area contributed by atoms with Crippen molar-refractivity contribution in [1.29, 1.82) is 0 Å². The molecule has 17 heavy (non-hydrogen) atoms. The molecule has 1 unspecified atom stereocenters. The van der Waals surface area contributed by atoms with Crippen molar-refractivity contribution in [2.24, 2.45) is 0 Å². The van der Waals surface area contributed by atoms with Crippen LogP contribution in [0.5, 0.6) is 0 Å². The Hall–Kier alpha value is -1.30. The molecule has 0 spiro atoms. The van der Waals surface area contributed by atoms with Crippen LogP contribution in [0.25, 0.3) is 0 Å². The summed E-state index contributed by atoms with van der Waals surface area (Å²) < 4.78 is 5.22. The molecule has 1 rings (SSSR count). The fourth-order valence-electron chi connectivity index (χ4n) is 1.91. The lowest BCUT2D eigenvalue weighted by molar-refractivity contribution is -0.137. The van der Waals surface area contributed by atoms with Crippen LogP contribution in [0.2, 0.25) is 0 Å². The van der Waals surface area contributed by atoms with Crippen LogP contribution in [0.4, 0.5) is 4.79 Å². The Morgan fingerprint density at radius 2 is 2.06 bits per heavy atom. The number of carboxylic acids is 1. The normalized spacial score (nSPS) is 18.8. The van der Waals surface area contributed by atoms with E-state index in [0.717, 1.165) is 12.8 Å². The summed E-state index contributed by atoms with van der Waals surface area (Å²) in [6, 6.07) is -0.534. The Morgan fingerprint density at radius 3 is 2.53 bits per heavy atom. The summed E-state index contributed by atoms with van der Waals surface area (Å²) in [5.74, 6) is -0.907. The predicted octanol–water partition coefficient (Wildman–Crippen LogP) is 0.670. The lowest BCUT2D eigenvalue weighted by Crippen LogP contribution is -2.48. The summed E-state index contributed by atoms with van der Waals surface area (Å²) in [5.41, 5.74) is 0. The van der Waals surface area contributed by atoms with Gasteiger partial charge in [-0.15, -0.1) is 0 Å². The molecule has 0 radical (unpaired) electrons. The van der Waals surface area contributed by atoms with Crippen LogP contribution >= 0.6 is 0 Å². The number of rotatable bonds is 4. The van der Waals surface area contributed by atoms with E-state index in [0.29, 0.717) is 13.1 Å². The van der Waals surface area contributed by atoms with Gasteiger partial charge in [-0.1, -0.05) is 0 Å². The molecule has 0 aromatic rings. The average molecular weight is 244 g/mol. The summed E-state index contributed by atoms with van der Waals surface area (Å²) >= 11 is 0. The molecule has 1 atom stereocenters. The van der Waals surface area contributed by atoms with E-state index in [9.17, 15) is 9.59 Å². The topological polar surface area (TPSA) is 78.9 Å². The number of likely N-dealkylation sites (tertiary alicyclic amines) is 1. The number of ether oxygens (including phenoxy) is 1. The maximum absolute atomic E-state index is 11.8. The van der Waals surface area contributed by atoms with E-state index in [1.807, 2.05) is 0 Å². The number of nitrogens with zero attached hydrogens (tertiary/aromatic N) is 1. The molecule has 1 fully saturated rings. The molecular weight excluding hydrogens is 224 g/mol. The fraction of sp³-hybridized carbons (Fsp3) is 0.818. The van der Waals surface area contributed by atoms with Gasteiger partial charge in [-0.2, -0.15) is 0 Å². The number of aliphatic carboxylic acids is 1. The molecular formula is C11H20N2O4. The smallest absolute Gasteiger partial charge is 0.317 e. The second-order valence-electron chi connectivity index (χ2n) is 4.37. The number of nitrogens with one attached hydrogen (secondary N) is 1. The second-order valence-corrected chi connectivity index (χ2v) is 4.37. The highest BCUT2D eigenvalue weighted by molar-refractivity contribution is 5.75. The van der Waals surface area contributed by atoms with Crippen LogP contribution in [-0.2, 0) is 9.53 Å². The van der Waals surface area contributed by atoms with Crippen LogP contribution in [0.3, 0.4) is 0 Å². The largest absolute Gasteiger partial charge is 0.481 e. The first-order valence-corrected chi connectivity index (χ1v) is 5.83. The second kappa shape index (κ2) is 6.44. The number of carbonyl (C=O) groups is 2. The van der Waals surface area contributed by atoms with Crippen molar-refractivity contribution in [3.63, 3.8) is 0 Å². The van der Waals surface area contributed by atoms with E-state index in [-0.39, 0.29) is 24.6 Å². The number of piperidine rings is 1. The van der Waals surface area contributed by atoms with Gasteiger partial charge < -0.3 is 20.1 Å². The van der Waals surface area contributed by atoms with Gasteiger partial charge in [0.2, 0.25) is 0 Å². The predicted molar refractivity (Wildman–Crippen MR) is 61.9 cm³/mol. The van der Waals surface area contributed by atoms with Gasteiger partial charge in [0, 0.05) is 26.2 Å². The maximum Gasteiger partial charge on any atom is 0.317 e. The summed E-state index contributed by atoms with van der Waals surface area (Å²) in [5, 5.41) is 11.3. The van der Waals surface area contributed by atoms with E-state index in [4.69, 9.17) is 9.84 Å². The minimum absolute atomic E-state index is 0.0553. The van der Waals surface area contributed by atoms with Crippen molar-refractivity contribution >= 4 is 12.0 Å². The van der Waals surface area contributed by atoms with E-state index >= 15 is 0 Å². The lowest BCUT2D eigenvalue weighted by Gasteiger charge is -2.32. The van der Waals surface area contributed by atoms with Gasteiger partial charge in [-0.25, -0.2) is 4.79 Å². The van der Waals surface area contributed by atoms with Crippen molar-refractivity contribution in [1.82, 2.24) is 10.2 Å². The van der Waals surface area contributed by atoms with Gasteiger partial charge in [0.05, 0.1) is 12.5 Å². The minimum Gasteiger partial charge on any atom is -0.481 e. The summed E-state index contributed by atoms with van der Waals surface area (Å²) in [6.07, 6.45) is 1.84. The Morgan fingerprint density at radius 1 is 1.47 bits per heavy atom. The third kappa shape index (κ3) is 4.60. The van der Waals surface area contributed by atoms with Crippen LogP contribution < -0.4 is 5.32 Å². The number of hydrogen-bond acceptors (Lipinski definition) is 3. The first-order valence-electron chi connectivity index (χ1n) is 5.83. The number of urea groups is 1. The summed E-state index contributed by atoms with van der Waals surface area (Å²) in [7, 11) is 1.68. The van der Waals surface area contributed by atoms with E-state index in [1.165, 1.54) is 0 Å². The zero-order chi connectivity index (χ0) is 12.8. The van der Waals surface area contributed by atoms with Crippen molar-refractivity contribution in [2.45, 2.75) is 38.3 Å². The van der Waals surface area contributed by atoms with Crippen molar-refractivity contribution in [3.8, 4) is 0 Å². The molecule has 0 saturated carbocycles. The van der Waals surface area contributed by atoms with Gasteiger partial charge in [0.25, 0.3) is 0 Å². The Balaban J connectivity index is 2.31. The van der Waals surface area contributed by atoms with Crippen LogP contribution in [-0.4, -0.2) is 54.4 Å². The van der Waals surface area contributed by atoms with Crippen molar-refractivity contribution in [3.05, 3.63) is 0 Å². The Labute approximate surface area is 101 Å². The van der Waals surface area contributed by atoms with Gasteiger partial charge in [-0.3, -0.25) is 4.79 Å². The fourth-order valence-corrected chi connectivity index (χ4v) is 1.91. The van der Waals surface area contributed by atoms with Gasteiger partial charge in [0.1, 0.15) is 0 Å². The zero-order valence-electron chi connectivity index (χ0n) is 10.3. The van der Waals surface area contributed by atoms with Gasteiger partial charge in [0.15, 0.2) is 0 Å². The molecule has 1 aliphatic heterocycles. The molecule has 6 heteroatoms. The van der Waals surface area contributed by atoms with Crippen molar-refractivity contribution < 1.29 is 19.4 Å². The van der Waals surface area contributed by atoms with E-state index in [1.54, 1.807) is 18.9 Å². The number of amides is 2. The van der Waals surface area contributed by atoms with Crippen LogP contribution in [0.1, 0.15) is 26.2 Å². The van der Waals surface area contributed by atoms with Gasteiger partial charge in [-0.05, 0) is 19.8 Å². The lowest BCUT2D eigenvalue weighted by atomic mass is 10.1. The molecule has 1 aliphatic rings. The van der Waals surface area contributed by atoms with E-state index < -0.39 is 5.97 Å². The van der Waals surface area contributed by atoms with Crippen LogP contribution in [0, 0.1) is 0 Å². The highest BCUT2D eigenvalue weighted by Crippen LogP contribution is 2.12. The first-order chi connectivity index (χ1) is 8.02. The standard InChI is InChI=1S/C11H20N2O4/c1-8(7-10(14)15)12-11(16)13-5-3-9(17-2)4-6-13/h8-9H,3-7H2,1-2H3,(H,12,16)(H,14,15). The highest BCUT2D eigenvalue weighted by Gasteiger charge is 2.23. The number of carbonyl (C=O) groups excluding carboxylic acids is 1. The molecule has 0 bridgehead atoms. The molecule has 0 aromatic heterocycles. The average Bonchev–Trinajstić information content (AvgIpc) is 2.28. The highest BCUT2D eigenvalue weighted by atomic mass is 16.5. The third-order valence-corrected chi connectivity index (χ3v) is 2.91. The Bertz CT molecular complexity index is 275. The molecule has 2 amide bonds. The minimum atomic E-state index is -0.907. The number of carboxylic acid groups (broad SMARTS) is 1.